The second-order valence-corrected chi connectivity index (χ2v) is 5.19. The second kappa shape index (κ2) is 5.67. The highest BCUT2D eigenvalue weighted by Crippen LogP contribution is 2.14. The van der Waals surface area contributed by atoms with Gasteiger partial charge in [-0.1, -0.05) is 12.1 Å². The summed E-state index contributed by atoms with van der Waals surface area (Å²) in [7, 11) is 0. The number of anilines is 1. The molecule has 0 saturated carbocycles. The maximum Gasteiger partial charge on any atom is 0.112 e. The normalized spacial score (nSPS) is 10.5. The Morgan fingerprint density at radius 3 is 3.05 bits per heavy atom. The lowest BCUT2D eigenvalue weighted by Crippen LogP contribution is -2.01. The van der Waals surface area contributed by atoms with Gasteiger partial charge >= 0.3 is 0 Å². The van der Waals surface area contributed by atoms with Gasteiger partial charge in [0.05, 0.1) is 12.9 Å². The standard InChI is InChI=1S/C14H14N4S/c1-2-12(10-18-6-4-15-11-18)8-13(3-1)17-9-14-16-5-7-19-14/h1-8,11,17H,9-10H2. The molecule has 0 amide bonds. The minimum Gasteiger partial charge on any atom is -0.379 e. The first-order valence-electron chi connectivity index (χ1n) is 6.07. The molecule has 1 N–H and O–H groups in total. The van der Waals surface area contributed by atoms with Gasteiger partial charge in [-0.15, -0.1) is 11.3 Å². The Hall–Kier alpha value is -2.14. The zero-order valence-electron chi connectivity index (χ0n) is 10.4. The van der Waals surface area contributed by atoms with Crippen LogP contribution in [0.4, 0.5) is 5.69 Å². The van der Waals surface area contributed by atoms with Crippen molar-refractivity contribution < 1.29 is 0 Å². The van der Waals surface area contributed by atoms with Crippen LogP contribution in [0.3, 0.4) is 0 Å². The number of rotatable bonds is 5. The van der Waals surface area contributed by atoms with Gasteiger partial charge in [0.1, 0.15) is 5.01 Å². The Bertz CT molecular complexity index is 617. The van der Waals surface area contributed by atoms with Crippen LogP contribution in [0.1, 0.15) is 10.6 Å². The zero-order valence-corrected chi connectivity index (χ0v) is 11.2. The number of nitrogens with one attached hydrogen (secondary N) is 1. The molecule has 5 heteroatoms. The van der Waals surface area contributed by atoms with Gasteiger partial charge in [0.2, 0.25) is 0 Å². The number of hydrogen-bond donors (Lipinski definition) is 1. The summed E-state index contributed by atoms with van der Waals surface area (Å²) in [5, 5.41) is 6.48. The van der Waals surface area contributed by atoms with Crippen molar-refractivity contribution in [2.75, 3.05) is 5.32 Å². The van der Waals surface area contributed by atoms with Crippen molar-refractivity contribution in [3.8, 4) is 0 Å². The molecular weight excluding hydrogens is 256 g/mol. The highest BCUT2D eigenvalue weighted by molar-refractivity contribution is 7.09. The molecule has 96 valence electrons. The summed E-state index contributed by atoms with van der Waals surface area (Å²) in [4.78, 5) is 8.31. The summed E-state index contributed by atoms with van der Waals surface area (Å²) in [6.07, 6.45) is 7.42. The van der Waals surface area contributed by atoms with E-state index in [2.05, 4.69) is 44.1 Å². The molecule has 0 atom stereocenters. The molecular formula is C14H14N4S. The smallest absolute Gasteiger partial charge is 0.112 e. The molecule has 2 heterocycles. The highest BCUT2D eigenvalue weighted by Gasteiger charge is 1.99. The monoisotopic (exact) mass is 270 g/mol. The molecule has 0 aliphatic heterocycles. The van der Waals surface area contributed by atoms with E-state index in [-0.39, 0.29) is 0 Å². The number of aromatic nitrogens is 3. The van der Waals surface area contributed by atoms with E-state index in [1.165, 1.54) is 5.56 Å². The van der Waals surface area contributed by atoms with Crippen LogP contribution in [0.25, 0.3) is 0 Å². The van der Waals surface area contributed by atoms with Crippen LogP contribution in [0.2, 0.25) is 0 Å². The number of imidazole rings is 1. The first kappa shape index (κ1) is 11.9. The third-order valence-electron chi connectivity index (χ3n) is 2.78. The number of thiazole rings is 1. The Morgan fingerprint density at radius 2 is 2.26 bits per heavy atom. The van der Waals surface area contributed by atoms with Crippen molar-refractivity contribution >= 4 is 17.0 Å². The average Bonchev–Trinajstić information content (AvgIpc) is 3.10. The quantitative estimate of drug-likeness (QED) is 0.775. The van der Waals surface area contributed by atoms with Crippen molar-refractivity contribution in [2.24, 2.45) is 0 Å². The first-order valence-corrected chi connectivity index (χ1v) is 6.95. The second-order valence-electron chi connectivity index (χ2n) is 4.21. The maximum atomic E-state index is 4.26. The van der Waals surface area contributed by atoms with E-state index < -0.39 is 0 Å². The van der Waals surface area contributed by atoms with E-state index in [0.29, 0.717) is 0 Å². The zero-order chi connectivity index (χ0) is 12.9. The molecule has 0 unspecified atom stereocenters. The van der Waals surface area contributed by atoms with E-state index in [1.807, 2.05) is 24.1 Å². The number of hydrogen-bond acceptors (Lipinski definition) is 4. The molecule has 0 spiro atoms. The average molecular weight is 270 g/mol. The predicted octanol–water partition coefficient (Wildman–Crippen LogP) is 3.00. The highest BCUT2D eigenvalue weighted by atomic mass is 32.1. The fourth-order valence-electron chi connectivity index (χ4n) is 1.89. The van der Waals surface area contributed by atoms with Crippen LogP contribution in [-0.4, -0.2) is 14.5 Å². The topological polar surface area (TPSA) is 42.7 Å². The summed E-state index contributed by atoms with van der Waals surface area (Å²) >= 11 is 1.66. The molecule has 0 aliphatic carbocycles. The molecule has 0 fully saturated rings. The van der Waals surface area contributed by atoms with E-state index in [9.17, 15) is 0 Å². The Labute approximate surface area is 115 Å². The fraction of sp³-hybridized carbons (Fsp3) is 0.143. The first-order chi connectivity index (χ1) is 9.40. The number of nitrogens with zero attached hydrogens (tertiary/aromatic N) is 3. The van der Waals surface area contributed by atoms with E-state index >= 15 is 0 Å². The Balaban J connectivity index is 1.66. The van der Waals surface area contributed by atoms with Crippen LogP contribution in [0.15, 0.2) is 54.6 Å². The lowest BCUT2D eigenvalue weighted by Gasteiger charge is -2.07. The molecule has 0 radical (unpaired) electrons. The Morgan fingerprint density at radius 1 is 1.26 bits per heavy atom. The van der Waals surface area contributed by atoms with Crippen molar-refractivity contribution in [3.63, 3.8) is 0 Å². The lowest BCUT2D eigenvalue weighted by molar-refractivity contribution is 0.797. The largest absolute Gasteiger partial charge is 0.379 e. The van der Waals surface area contributed by atoms with Gasteiger partial charge in [-0.2, -0.15) is 0 Å². The van der Waals surface area contributed by atoms with Gasteiger partial charge in [0.25, 0.3) is 0 Å². The van der Waals surface area contributed by atoms with Gasteiger partial charge in [0, 0.05) is 36.2 Å². The predicted molar refractivity (Wildman–Crippen MR) is 77.2 cm³/mol. The molecule has 0 saturated heterocycles. The van der Waals surface area contributed by atoms with E-state index in [0.717, 1.165) is 23.8 Å². The molecule has 3 aromatic rings. The molecule has 2 aromatic heterocycles. The van der Waals surface area contributed by atoms with Crippen molar-refractivity contribution in [1.29, 1.82) is 0 Å². The van der Waals surface area contributed by atoms with Gasteiger partial charge in [-0.3, -0.25) is 0 Å². The summed E-state index contributed by atoms with van der Waals surface area (Å²) in [5.41, 5.74) is 2.37. The van der Waals surface area contributed by atoms with Crippen LogP contribution < -0.4 is 5.32 Å². The lowest BCUT2D eigenvalue weighted by atomic mass is 10.2. The van der Waals surface area contributed by atoms with Gasteiger partial charge in [-0.05, 0) is 17.7 Å². The Kier molecular flexibility index (Phi) is 3.56. The summed E-state index contributed by atoms with van der Waals surface area (Å²) in [6, 6.07) is 8.42. The molecule has 19 heavy (non-hydrogen) atoms. The van der Waals surface area contributed by atoms with Gasteiger partial charge < -0.3 is 9.88 Å². The SMILES string of the molecule is c1cc(Cn2ccnc2)cc(NCc2nccs2)c1. The van der Waals surface area contributed by atoms with Crippen LogP contribution in [-0.2, 0) is 13.1 Å². The third kappa shape index (κ3) is 3.20. The van der Waals surface area contributed by atoms with Crippen molar-refractivity contribution in [1.82, 2.24) is 14.5 Å². The summed E-state index contributed by atoms with van der Waals surface area (Å²) < 4.78 is 2.06. The minimum atomic E-state index is 0.770. The molecule has 3 rings (SSSR count). The number of benzene rings is 1. The van der Waals surface area contributed by atoms with Gasteiger partial charge in [0.15, 0.2) is 0 Å². The molecule has 1 aromatic carbocycles. The summed E-state index contributed by atoms with van der Waals surface area (Å²) in [5.74, 6) is 0. The maximum absolute atomic E-state index is 4.26. The molecule has 0 aliphatic rings. The molecule has 4 nitrogen and oxygen atoms in total. The van der Waals surface area contributed by atoms with Crippen molar-refractivity contribution in [2.45, 2.75) is 13.1 Å². The van der Waals surface area contributed by atoms with Gasteiger partial charge in [-0.25, -0.2) is 9.97 Å². The van der Waals surface area contributed by atoms with Crippen LogP contribution in [0.5, 0.6) is 0 Å². The van der Waals surface area contributed by atoms with E-state index in [4.69, 9.17) is 0 Å². The molecule has 0 bridgehead atoms. The van der Waals surface area contributed by atoms with Crippen molar-refractivity contribution in [3.05, 3.63) is 65.1 Å². The van der Waals surface area contributed by atoms with Crippen LogP contribution >= 0.6 is 11.3 Å². The minimum absolute atomic E-state index is 0.770. The third-order valence-corrected chi connectivity index (χ3v) is 3.56. The van der Waals surface area contributed by atoms with E-state index in [1.54, 1.807) is 17.5 Å². The fourth-order valence-corrected chi connectivity index (χ4v) is 2.44. The van der Waals surface area contributed by atoms with Crippen LogP contribution in [0, 0.1) is 0 Å². The summed E-state index contributed by atoms with van der Waals surface area (Å²) in [6.45, 7) is 1.61.